The minimum absolute atomic E-state index is 0.0152. The van der Waals surface area contributed by atoms with E-state index in [1.807, 2.05) is 6.07 Å². The number of aliphatic hydroxyl groups is 3. The van der Waals surface area contributed by atoms with Gasteiger partial charge in [-0.2, -0.15) is 5.10 Å². The Bertz CT molecular complexity index is 2360. The summed E-state index contributed by atoms with van der Waals surface area (Å²) < 4.78 is 23.6. The Hall–Kier alpha value is -5.94. The van der Waals surface area contributed by atoms with Crippen LogP contribution in [0, 0.1) is 30.6 Å². The van der Waals surface area contributed by atoms with Crippen LogP contribution in [-0.2, 0) is 23.8 Å². The number of esters is 1. The molecule has 16 heteroatoms. The van der Waals surface area contributed by atoms with Crippen molar-refractivity contribution < 1.29 is 64.0 Å². The summed E-state index contributed by atoms with van der Waals surface area (Å²) in [5, 5.41) is 77.8. The highest BCUT2D eigenvalue weighted by Crippen LogP contribution is 2.55. The zero-order chi connectivity index (χ0) is 47.5. The minimum atomic E-state index is -2.09. The van der Waals surface area contributed by atoms with E-state index in [1.165, 1.54) is 58.2 Å². The summed E-state index contributed by atoms with van der Waals surface area (Å²) in [6.45, 7) is 14.1. The van der Waals surface area contributed by atoms with Crippen LogP contribution in [0.1, 0.15) is 88.5 Å². The van der Waals surface area contributed by atoms with Crippen molar-refractivity contribution in [2.45, 2.75) is 105 Å². The number of phenolic OH excluding ortho intramolecular Hbond substituents is 3. The SMILES string of the molecule is CO[C@H]1/C=C/O[C@@]2(C)Oc3c(C)c(O)c4c(O)c(c(/C=N\N(C)C(C)C(O)c5ccccc5)c(O)c4c3C2=O)NC(=O)/C(C)=C\C=C\[C@H](C)[C@H](O)[C@@H](C)[C@@H](O)[C@@H](C)[C@H](OC(C)=O)[C@@H]1C. The molecule has 0 fully saturated rings. The smallest absolute Gasteiger partial charge is 0.312 e. The highest BCUT2D eigenvalue weighted by atomic mass is 16.7. The molecule has 6 rings (SSSR count). The van der Waals surface area contributed by atoms with Gasteiger partial charge in [0.2, 0.25) is 0 Å². The van der Waals surface area contributed by atoms with Gasteiger partial charge in [0.05, 0.1) is 59.0 Å². The first kappa shape index (κ1) is 49.1. The number of nitrogens with zero attached hydrogens (tertiary/aromatic N) is 2. The third-order valence-corrected chi connectivity index (χ3v) is 12.6. The fourth-order valence-corrected chi connectivity index (χ4v) is 8.26. The van der Waals surface area contributed by atoms with Gasteiger partial charge in [-0.15, -0.1) is 0 Å². The summed E-state index contributed by atoms with van der Waals surface area (Å²) in [5.41, 5.74) is -0.0862. The van der Waals surface area contributed by atoms with Gasteiger partial charge in [0, 0.05) is 68.2 Å². The fourth-order valence-electron chi connectivity index (χ4n) is 8.26. The Morgan fingerprint density at radius 3 is 2.23 bits per heavy atom. The van der Waals surface area contributed by atoms with Gasteiger partial charge in [-0.05, 0) is 32.4 Å². The zero-order valence-corrected chi connectivity index (χ0v) is 38.1. The summed E-state index contributed by atoms with van der Waals surface area (Å²) in [6.07, 6.45) is 3.51. The molecule has 3 aromatic carbocycles. The molecule has 3 aromatic rings. The molecule has 16 nitrogen and oxygen atoms in total. The number of Topliss-reactive ketones (excluding diaryl/α,β-unsaturated/α-hetero) is 1. The number of carbonyl (C=O) groups excluding carboxylic acids is 3. The molecule has 3 heterocycles. The number of hydrogen-bond acceptors (Lipinski definition) is 15. The molecule has 346 valence electrons. The van der Waals surface area contributed by atoms with Crippen molar-refractivity contribution in [2.24, 2.45) is 28.8 Å². The maximum absolute atomic E-state index is 14.5. The average Bonchev–Trinajstić information content (AvgIpc) is 3.53. The van der Waals surface area contributed by atoms with Gasteiger partial charge in [-0.25, -0.2) is 0 Å². The van der Waals surface area contributed by atoms with Crippen LogP contribution >= 0.6 is 0 Å². The number of fused-ring (bicyclic) bond motifs is 14. The van der Waals surface area contributed by atoms with Gasteiger partial charge in [0.15, 0.2) is 5.75 Å². The number of hydrogen-bond donors (Lipinski definition) is 7. The lowest BCUT2D eigenvalue weighted by molar-refractivity contribution is -0.160. The van der Waals surface area contributed by atoms with E-state index in [2.05, 4.69) is 10.4 Å². The normalized spacial score (nSPS) is 29.6. The molecule has 0 aromatic heterocycles. The second-order valence-electron chi connectivity index (χ2n) is 17.0. The first-order valence-corrected chi connectivity index (χ1v) is 21.2. The van der Waals surface area contributed by atoms with E-state index in [9.17, 15) is 45.0 Å². The van der Waals surface area contributed by atoms with E-state index in [0.717, 1.165) is 6.21 Å². The van der Waals surface area contributed by atoms with Crippen molar-refractivity contribution in [3.05, 3.63) is 88.7 Å². The number of phenols is 3. The number of hydrazone groups is 1. The molecule has 64 heavy (non-hydrogen) atoms. The number of carbonyl (C=O) groups is 3. The second kappa shape index (κ2) is 19.8. The molecule has 0 radical (unpaired) electrons. The lowest BCUT2D eigenvalue weighted by Crippen LogP contribution is -2.46. The van der Waals surface area contributed by atoms with E-state index in [1.54, 1.807) is 78.1 Å². The van der Waals surface area contributed by atoms with E-state index in [-0.39, 0.29) is 44.5 Å². The third-order valence-electron chi connectivity index (χ3n) is 12.6. The molecule has 0 saturated carbocycles. The zero-order valence-electron chi connectivity index (χ0n) is 38.1. The molecule has 3 aliphatic heterocycles. The molecule has 2 unspecified atom stereocenters. The number of ether oxygens (including phenoxy) is 4. The van der Waals surface area contributed by atoms with Crippen LogP contribution < -0.4 is 10.1 Å². The maximum atomic E-state index is 14.5. The second-order valence-corrected chi connectivity index (χ2v) is 17.0. The number of aliphatic hydroxyl groups excluding tert-OH is 3. The van der Waals surface area contributed by atoms with Crippen LogP contribution in [0.2, 0.25) is 0 Å². The van der Waals surface area contributed by atoms with Crippen LogP contribution in [0.5, 0.6) is 23.0 Å². The van der Waals surface area contributed by atoms with Crippen molar-refractivity contribution in [1.82, 2.24) is 5.01 Å². The number of anilines is 1. The summed E-state index contributed by atoms with van der Waals surface area (Å²) >= 11 is 0. The van der Waals surface area contributed by atoms with Gasteiger partial charge in [0.25, 0.3) is 11.7 Å². The third kappa shape index (κ3) is 9.60. The predicted octanol–water partition coefficient (Wildman–Crippen LogP) is 6.14. The van der Waals surface area contributed by atoms with E-state index < -0.39 is 101 Å². The van der Waals surface area contributed by atoms with Gasteiger partial charge in [0.1, 0.15) is 29.5 Å². The Morgan fingerprint density at radius 2 is 1.61 bits per heavy atom. The Labute approximate surface area is 373 Å². The molecule has 0 spiro atoms. The minimum Gasteiger partial charge on any atom is -0.507 e. The molecule has 0 saturated heterocycles. The lowest BCUT2D eigenvalue weighted by Gasteiger charge is -2.38. The molecule has 0 aliphatic carbocycles. The number of benzene rings is 3. The van der Waals surface area contributed by atoms with Gasteiger partial charge in [-0.1, -0.05) is 76.3 Å². The molecule has 11 atom stereocenters. The van der Waals surface area contributed by atoms with Crippen LogP contribution in [-0.4, -0.2) is 110 Å². The fraction of sp³-hybridized carbons (Fsp3) is 0.458. The van der Waals surface area contributed by atoms with Crippen molar-refractivity contribution in [3.8, 4) is 23.0 Å². The van der Waals surface area contributed by atoms with Gasteiger partial charge in [-0.3, -0.25) is 19.4 Å². The molecule has 1 amide bonds. The number of amides is 1. The first-order chi connectivity index (χ1) is 30.1. The molecular weight excluding hydrogens is 827 g/mol. The van der Waals surface area contributed by atoms with Gasteiger partial charge >= 0.3 is 11.8 Å². The quantitative estimate of drug-likeness (QED) is 0.0464. The largest absolute Gasteiger partial charge is 0.507 e. The van der Waals surface area contributed by atoms with Crippen LogP contribution in [0.4, 0.5) is 5.69 Å². The van der Waals surface area contributed by atoms with Crippen molar-refractivity contribution in [1.29, 1.82) is 0 Å². The maximum Gasteiger partial charge on any atom is 0.312 e. The average molecular weight is 888 g/mol. The molecule has 7 N–H and O–H groups in total. The lowest BCUT2D eigenvalue weighted by atomic mass is 9.78. The molecule has 5 bridgehead atoms. The topological polar surface area (TPSA) is 237 Å². The number of rotatable bonds is 7. The van der Waals surface area contributed by atoms with Crippen LogP contribution in [0.3, 0.4) is 0 Å². The highest BCUT2D eigenvalue weighted by molar-refractivity contribution is 6.23. The predicted molar refractivity (Wildman–Crippen MR) is 240 cm³/mol. The van der Waals surface area contributed by atoms with Crippen molar-refractivity contribution in [3.63, 3.8) is 0 Å². The Balaban J connectivity index is 1.71. The standard InChI is InChI=1S/C48H61N3O13/c1-23-16-15-17-24(2)47(60)50-37-32(22-49-51(10)29(7)41(56)31-18-13-12-14-19-31)42(57)34-35(43(37)58)40(55)28(6)45-36(34)46(59)48(9,64-45)62-21-20-33(61-11)25(3)44(63-30(8)52)27(5)39(54)26(4)38(23)53/h12-23,25-27,29,33,38-39,41,44,53-58H,1-11H3,(H,50,60)/b16-15+,21-20+,24-17-,49-22-/t23-,25+,26+,27+,29?,33-,38-,39+,41?,44+,48-/m0/s1. The first-order valence-electron chi connectivity index (χ1n) is 21.2. The van der Waals surface area contributed by atoms with E-state index >= 15 is 0 Å². The number of ketones is 1. The number of nitrogens with one attached hydrogen (secondary N) is 1. The van der Waals surface area contributed by atoms with E-state index in [4.69, 9.17) is 18.9 Å². The number of methoxy groups -OCH3 is 1. The summed E-state index contributed by atoms with van der Waals surface area (Å²) in [7, 11) is 3.00. The number of likely N-dealkylation sites (N-methyl/N-ethyl adjacent to an activating group) is 1. The molecular formula is C48H61N3O13. The summed E-state index contributed by atoms with van der Waals surface area (Å²) in [5.74, 6) is -8.88. The monoisotopic (exact) mass is 887 g/mol. The van der Waals surface area contributed by atoms with Gasteiger partial charge < -0.3 is 54.9 Å². The van der Waals surface area contributed by atoms with Crippen LogP contribution in [0.25, 0.3) is 10.8 Å². The highest BCUT2D eigenvalue weighted by Gasteiger charge is 2.50. The molecule has 3 aliphatic rings. The number of aromatic hydroxyl groups is 3. The Morgan fingerprint density at radius 1 is 0.953 bits per heavy atom. The van der Waals surface area contributed by atoms with Crippen molar-refractivity contribution in [2.75, 3.05) is 19.5 Å². The summed E-state index contributed by atoms with van der Waals surface area (Å²) in [6, 6.07) is 8.28. The van der Waals surface area contributed by atoms with E-state index in [0.29, 0.717) is 5.56 Å². The van der Waals surface area contributed by atoms with Crippen molar-refractivity contribution >= 4 is 40.3 Å². The van der Waals surface area contributed by atoms with Crippen LogP contribution in [0.15, 0.2) is 71.6 Å². The number of allylic oxidation sites excluding steroid dienone is 2. The Kier molecular flexibility index (Phi) is 15.2. The summed E-state index contributed by atoms with van der Waals surface area (Å²) in [4.78, 5) is 40.8.